The van der Waals surface area contributed by atoms with Crippen molar-refractivity contribution in [2.45, 2.75) is 43.9 Å². The van der Waals surface area contributed by atoms with Gasteiger partial charge in [0.05, 0.1) is 11.0 Å². The second-order valence-corrected chi connectivity index (χ2v) is 7.65. The van der Waals surface area contributed by atoms with Crippen LogP contribution in [0.2, 0.25) is 0 Å². The molecule has 0 spiro atoms. The molecule has 0 saturated heterocycles. The van der Waals surface area contributed by atoms with E-state index >= 15 is 0 Å². The zero-order valence-electron chi connectivity index (χ0n) is 12.4. The topological polar surface area (TPSA) is 86.3 Å². The average molecular weight is 301 g/mol. The van der Waals surface area contributed by atoms with Crippen LogP contribution in [0.4, 0.5) is 0 Å². The molecule has 0 bridgehead atoms. The second kappa shape index (κ2) is 5.14. The van der Waals surface area contributed by atoms with Gasteiger partial charge in [-0.2, -0.15) is 0 Å². The third-order valence-corrected chi connectivity index (χ3v) is 5.80. The summed E-state index contributed by atoms with van der Waals surface area (Å²) < 4.78 is 34.6. The molecule has 20 heavy (non-hydrogen) atoms. The summed E-state index contributed by atoms with van der Waals surface area (Å²) in [4.78, 5) is 0.261. The summed E-state index contributed by atoms with van der Waals surface area (Å²) in [5.74, 6) is 0. The molecule has 1 heterocycles. The van der Waals surface area contributed by atoms with E-state index in [1.807, 2.05) is 13.8 Å². The highest BCUT2D eigenvalue weighted by atomic mass is 32.2. The molecule has 2 rings (SSSR count). The van der Waals surface area contributed by atoms with Crippen LogP contribution in [0.25, 0.3) is 0 Å². The highest BCUT2D eigenvalue weighted by Gasteiger charge is 2.50. The van der Waals surface area contributed by atoms with E-state index in [1.165, 1.54) is 0 Å². The van der Waals surface area contributed by atoms with E-state index in [0.29, 0.717) is 13.0 Å². The maximum atomic E-state index is 12.4. The summed E-state index contributed by atoms with van der Waals surface area (Å²) in [6.07, 6.45) is 2.37. The largest absolute Gasteiger partial charge is 0.381 e. The van der Waals surface area contributed by atoms with Gasteiger partial charge in [0.25, 0.3) is 0 Å². The van der Waals surface area contributed by atoms with Crippen molar-refractivity contribution in [3.8, 4) is 0 Å². The van der Waals surface area contributed by atoms with Crippen molar-refractivity contribution in [3.63, 3.8) is 0 Å². The van der Waals surface area contributed by atoms with Gasteiger partial charge >= 0.3 is 0 Å². The zero-order valence-corrected chi connectivity index (χ0v) is 13.2. The number of hydrogen-bond donors (Lipinski definition) is 2. The van der Waals surface area contributed by atoms with Crippen molar-refractivity contribution in [3.05, 3.63) is 18.0 Å². The molecule has 0 aromatic carbocycles. The quantitative estimate of drug-likeness (QED) is 0.833. The standard InChI is InChI=1S/C13H23N3O3S/c1-13(2)11(6-12(13)19-4)15-20(17,18)10-5-9(7-14)16(3)8-10/h5,8,11-12,15H,6-7,14H2,1-4H3. The first-order valence-corrected chi connectivity index (χ1v) is 8.11. The monoisotopic (exact) mass is 301 g/mol. The zero-order chi connectivity index (χ0) is 15.1. The van der Waals surface area contributed by atoms with Crippen LogP contribution in [0.15, 0.2) is 17.2 Å². The van der Waals surface area contributed by atoms with Gasteiger partial charge in [-0.3, -0.25) is 0 Å². The molecule has 2 atom stereocenters. The predicted octanol–water partition coefficient (Wildman–Crippen LogP) is 0.576. The molecule has 0 amide bonds. The van der Waals surface area contributed by atoms with Crippen molar-refractivity contribution in [1.29, 1.82) is 0 Å². The maximum absolute atomic E-state index is 12.4. The lowest BCUT2D eigenvalue weighted by molar-refractivity contribution is -0.0908. The molecule has 1 fully saturated rings. The van der Waals surface area contributed by atoms with Gasteiger partial charge in [-0.1, -0.05) is 13.8 Å². The Morgan fingerprint density at radius 2 is 2.20 bits per heavy atom. The molecule has 2 unspecified atom stereocenters. The molecule has 0 radical (unpaired) electrons. The summed E-state index contributed by atoms with van der Waals surface area (Å²) in [5, 5.41) is 0. The smallest absolute Gasteiger partial charge is 0.242 e. The van der Waals surface area contributed by atoms with Crippen molar-refractivity contribution >= 4 is 10.0 Å². The normalized spacial score (nSPS) is 25.4. The minimum Gasteiger partial charge on any atom is -0.381 e. The Bertz CT molecular complexity index is 592. The first kappa shape index (κ1) is 15.5. The van der Waals surface area contributed by atoms with Gasteiger partial charge in [-0.25, -0.2) is 13.1 Å². The predicted molar refractivity (Wildman–Crippen MR) is 76.6 cm³/mol. The summed E-state index contributed by atoms with van der Waals surface area (Å²) >= 11 is 0. The van der Waals surface area contributed by atoms with E-state index in [9.17, 15) is 8.42 Å². The average Bonchev–Trinajstić information content (AvgIpc) is 2.76. The minimum absolute atomic E-state index is 0.0885. The minimum atomic E-state index is -3.52. The highest BCUT2D eigenvalue weighted by molar-refractivity contribution is 7.89. The van der Waals surface area contributed by atoms with Crippen molar-refractivity contribution in [2.24, 2.45) is 18.2 Å². The van der Waals surface area contributed by atoms with E-state index in [0.717, 1.165) is 5.69 Å². The van der Waals surface area contributed by atoms with Gasteiger partial charge in [0, 0.05) is 44.0 Å². The Balaban J connectivity index is 2.16. The number of aryl methyl sites for hydroxylation is 1. The van der Waals surface area contributed by atoms with Crippen molar-refractivity contribution < 1.29 is 13.2 Å². The van der Waals surface area contributed by atoms with E-state index in [4.69, 9.17) is 10.5 Å². The van der Waals surface area contributed by atoms with Crippen LogP contribution in [0.3, 0.4) is 0 Å². The number of nitrogens with zero attached hydrogens (tertiary/aromatic N) is 1. The Labute approximate surface area is 120 Å². The van der Waals surface area contributed by atoms with Gasteiger partial charge in [0.1, 0.15) is 0 Å². The molecular formula is C13H23N3O3S. The lowest BCUT2D eigenvalue weighted by Gasteiger charge is -2.50. The fourth-order valence-corrected chi connectivity index (χ4v) is 4.17. The molecule has 1 aromatic heterocycles. The summed E-state index contributed by atoms with van der Waals surface area (Å²) in [5.41, 5.74) is 6.16. The molecule has 6 nitrogen and oxygen atoms in total. The summed E-state index contributed by atoms with van der Waals surface area (Å²) in [7, 11) is -0.0750. The number of aromatic nitrogens is 1. The Morgan fingerprint density at radius 3 is 2.65 bits per heavy atom. The molecule has 1 aliphatic carbocycles. The third-order valence-electron chi connectivity index (χ3n) is 4.36. The molecule has 0 aliphatic heterocycles. The van der Waals surface area contributed by atoms with E-state index in [1.54, 1.807) is 31.0 Å². The van der Waals surface area contributed by atoms with Crippen LogP contribution in [-0.2, 0) is 28.4 Å². The molecule has 1 aromatic rings. The number of methoxy groups -OCH3 is 1. The first-order chi connectivity index (χ1) is 9.22. The van der Waals surface area contributed by atoms with Crippen molar-refractivity contribution in [2.75, 3.05) is 7.11 Å². The molecule has 1 aliphatic rings. The van der Waals surface area contributed by atoms with Crippen LogP contribution >= 0.6 is 0 Å². The fourth-order valence-electron chi connectivity index (χ4n) is 2.67. The van der Waals surface area contributed by atoms with Crippen molar-refractivity contribution in [1.82, 2.24) is 9.29 Å². The van der Waals surface area contributed by atoms with Gasteiger partial charge in [-0.05, 0) is 12.5 Å². The molecule has 7 heteroatoms. The summed E-state index contributed by atoms with van der Waals surface area (Å²) in [6, 6.07) is 1.50. The molecule has 114 valence electrons. The van der Waals surface area contributed by atoms with Gasteiger partial charge in [-0.15, -0.1) is 0 Å². The van der Waals surface area contributed by atoms with Crippen LogP contribution < -0.4 is 10.5 Å². The SMILES string of the molecule is COC1CC(NS(=O)(=O)c2cc(CN)n(C)c2)C1(C)C. The molecule has 3 N–H and O–H groups in total. The number of sulfonamides is 1. The Hall–Kier alpha value is -0.890. The van der Waals surface area contributed by atoms with Gasteiger partial charge < -0.3 is 15.0 Å². The number of ether oxygens (including phenoxy) is 1. The maximum Gasteiger partial charge on any atom is 0.242 e. The number of rotatable bonds is 5. The van der Waals surface area contributed by atoms with E-state index in [-0.39, 0.29) is 22.5 Å². The lowest BCUT2D eigenvalue weighted by atomic mass is 9.65. The van der Waals surface area contributed by atoms with Gasteiger partial charge in [0.15, 0.2) is 0 Å². The molecular weight excluding hydrogens is 278 g/mol. The third kappa shape index (κ3) is 2.50. The van der Waals surface area contributed by atoms with E-state index in [2.05, 4.69) is 4.72 Å². The fraction of sp³-hybridized carbons (Fsp3) is 0.692. The van der Waals surface area contributed by atoms with Crippen LogP contribution in [0.5, 0.6) is 0 Å². The Kier molecular flexibility index (Phi) is 3.98. The first-order valence-electron chi connectivity index (χ1n) is 6.62. The highest BCUT2D eigenvalue weighted by Crippen LogP contribution is 2.43. The van der Waals surface area contributed by atoms with Crippen LogP contribution in [-0.4, -0.2) is 32.2 Å². The number of nitrogens with one attached hydrogen (secondary N) is 1. The van der Waals surface area contributed by atoms with Crippen LogP contribution in [0.1, 0.15) is 26.0 Å². The summed E-state index contributed by atoms with van der Waals surface area (Å²) in [6.45, 7) is 4.33. The number of hydrogen-bond acceptors (Lipinski definition) is 4. The molecule has 1 saturated carbocycles. The number of nitrogens with two attached hydrogens (primary N) is 1. The lowest BCUT2D eigenvalue weighted by Crippen LogP contribution is -2.61. The van der Waals surface area contributed by atoms with Gasteiger partial charge in [0.2, 0.25) is 10.0 Å². The second-order valence-electron chi connectivity index (χ2n) is 5.94. The Morgan fingerprint density at radius 1 is 1.55 bits per heavy atom. The van der Waals surface area contributed by atoms with Crippen LogP contribution in [0, 0.1) is 5.41 Å². The van der Waals surface area contributed by atoms with E-state index < -0.39 is 10.0 Å².